The lowest BCUT2D eigenvalue weighted by molar-refractivity contribution is 0.206. The van der Waals surface area contributed by atoms with Gasteiger partial charge in [-0.1, -0.05) is 24.6 Å². The van der Waals surface area contributed by atoms with Crippen LogP contribution in [-0.4, -0.2) is 71.4 Å². The Labute approximate surface area is 219 Å². The Bertz CT molecular complexity index is 1500. The lowest BCUT2D eigenvalue weighted by Crippen LogP contribution is -2.31. The van der Waals surface area contributed by atoms with E-state index in [9.17, 15) is 17.9 Å². The van der Waals surface area contributed by atoms with Crippen molar-refractivity contribution in [2.24, 2.45) is 0 Å². The summed E-state index contributed by atoms with van der Waals surface area (Å²) in [5.41, 5.74) is 2.20. The highest BCUT2D eigenvalue weighted by atomic mass is 35.5. The maximum Gasteiger partial charge on any atom is 0.264 e. The van der Waals surface area contributed by atoms with Crippen LogP contribution in [0.15, 0.2) is 47.4 Å². The number of anilines is 2. The van der Waals surface area contributed by atoms with E-state index in [0.29, 0.717) is 35.9 Å². The molecule has 37 heavy (non-hydrogen) atoms. The van der Waals surface area contributed by atoms with Gasteiger partial charge in [-0.05, 0) is 49.9 Å². The molecule has 0 aliphatic carbocycles. The highest BCUT2D eigenvalue weighted by molar-refractivity contribution is 7.92. The van der Waals surface area contributed by atoms with Crippen molar-refractivity contribution in [2.75, 3.05) is 42.8 Å². The van der Waals surface area contributed by atoms with Gasteiger partial charge in [0, 0.05) is 30.9 Å². The number of H-pyrrole nitrogens is 1. The zero-order valence-corrected chi connectivity index (χ0v) is 21.9. The quantitative estimate of drug-likeness (QED) is 0.223. The Kier molecular flexibility index (Phi) is 8.22. The van der Waals surface area contributed by atoms with E-state index in [-0.39, 0.29) is 17.3 Å². The number of nitrogens with zero attached hydrogens (tertiary/aromatic N) is 4. The number of nitrogens with one attached hydrogen (secondary N) is 3. The number of aromatic nitrogens is 4. The normalized spacial score (nSPS) is 11.8. The lowest BCUT2D eigenvalue weighted by atomic mass is 10.2. The summed E-state index contributed by atoms with van der Waals surface area (Å²) >= 11 is 5.73. The summed E-state index contributed by atoms with van der Waals surface area (Å²) in [7, 11) is -4.18. The fourth-order valence-corrected chi connectivity index (χ4v) is 5.22. The molecule has 0 amide bonds. The van der Waals surface area contributed by atoms with E-state index in [2.05, 4.69) is 30.1 Å². The summed E-state index contributed by atoms with van der Waals surface area (Å²) < 4.78 is 41.9. The van der Waals surface area contributed by atoms with E-state index >= 15 is 0 Å². The van der Waals surface area contributed by atoms with Crippen molar-refractivity contribution in [1.82, 2.24) is 25.1 Å². The van der Waals surface area contributed by atoms with Gasteiger partial charge in [-0.3, -0.25) is 14.7 Å². The van der Waals surface area contributed by atoms with Gasteiger partial charge in [-0.2, -0.15) is 5.10 Å². The van der Waals surface area contributed by atoms with Crippen molar-refractivity contribution in [3.05, 3.63) is 59.0 Å². The number of likely N-dealkylation sites (N-methyl/N-ethyl adjacent to an activating group) is 1. The summed E-state index contributed by atoms with van der Waals surface area (Å²) in [6.45, 7) is 6.72. The number of hydrogen-bond donors (Lipinski definition) is 4. The molecule has 10 nitrogen and oxygen atoms in total. The Hall–Kier alpha value is -3.32. The highest BCUT2D eigenvalue weighted by Crippen LogP contribution is 2.28. The maximum atomic E-state index is 14.2. The number of sulfonamides is 1. The van der Waals surface area contributed by atoms with Gasteiger partial charge in [0.2, 0.25) is 0 Å². The third-order valence-electron chi connectivity index (χ3n) is 5.79. The fraction of sp³-hybridized carbons (Fsp3) is 0.292. The minimum Gasteiger partial charge on any atom is -0.395 e. The molecule has 13 heteroatoms. The topological polar surface area (TPSA) is 136 Å². The van der Waals surface area contributed by atoms with E-state index in [1.54, 1.807) is 24.3 Å². The monoisotopic (exact) mass is 547 g/mol. The summed E-state index contributed by atoms with van der Waals surface area (Å²) in [4.78, 5) is 10.8. The van der Waals surface area contributed by atoms with Crippen molar-refractivity contribution >= 4 is 44.2 Å². The molecule has 4 N–H and O–H groups in total. The van der Waals surface area contributed by atoms with E-state index in [4.69, 9.17) is 16.6 Å². The Balaban J connectivity index is 1.57. The average molecular weight is 548 g/mol. The maximum absolute atomic E-state index is 14.2. The van der Waals surface area contributed by atoms with Gasteiger partial charge >= 0.3 is 0 Å². The van der Waals surface area contributed by atoms with Crippen molar-refractivity contribution in [2.45, 2.75) is 18.7 Å². The first kappa shape index (κ1) is 26.7. The zero-order valence-electron chi connectivity index (χ0n) is 20.3. The molecule has 4 aromatic rings. The van der Waals surface area contributed by atoms with Crippen LogP contribution in [0.2, 0.25) is 5.02 Å². The number of aliphatic hydroxyl groups is 1. The molecule has 4 rings (SSSR count). The summed E-state index contributed by atoms with van der Waals surface area (Å²) in [5, 5.41) is 20.2. The van der Waals surface area contributed by atoms with Crippen molar-refractivity contribution in [3.63, 3.8) is 0 Å². The minimum absolute atomic E-state index is 0.0940. The molecule has 0 saturated heterocycles. The average Bonchev–Trinajstić information content (AvgIpc) is 3.26. The molecule has 2 heterocycles. The number of aryl methyl sites for hydroxylation is 1. The summed E-state index contributed by atoms with van der Waals surface area (Å²) in [6, 6.07) is 10.2. The third kappa shape index (κ3) is 5.99. The van der Waals surface area contributed by atoms with E-state index in [1.807, 2.05) is 13.8 Å². The minimum atomic E-state index is -4.18. The van der Waals surface area contributed by atoms with Gasteiger partial charge in [-0.25, -0.2) is 22.8 Å². The first-order valence-electron chi connectivity index (χ1n) is 11.6. The van der Waals surface area contributed by atoms with Crippen LogP contribution in [0.25, 0.3) is 22.4 Å². The van der Waals surface area contributed by atoms with Crippen molar-refractivity contribution in [1.29, 1.82) is 0 Å². The molecule has 2 aromatic heterocycles. The van der Waals surface area contributed by atoms with Gasteiger partial charge in [0.15, 0.2) is 17.3 Å². The van der Waals surface area contributed by atoms with Crippen molar-refractivity contribution in [3.8, 4) is 11.4 Å². The standard InChI is InChI=1S/C24H27ClFN7O3S/c1-3-33(13-14-34)12-11-27-23-20-15(2)30-31-24(20)29-22(28-23)16-7-9-17(10-8-16)32-37(35,36)19-6-4-5-18(25)21(19)26/h4-10,32,34H,3,11-14H2,1-2H3,(H2,27,28,29,30,31). The SMILES string of the molecule is CCN(CCO)CCNc1nc(-c2ccc(NS(=O)(=O)c3cccc(Cl)c3F)cc2)nc2[nH]nc(C)c12. The molecule has 196 valence electrons. The Morgan fingerprint density at radius 3 is 2.59 bits per heavy atom. The molecule has 0 saturated carbocycles. The van der Waals surface area contributed by atoms with E-state index in [0.717, 1.165) is 30.2 Å². The second kappa shape index (κ2) is 11.4. The zero-order chi connectivity index (χ0) is 26.6. The molecule has 0 unspecified atom stereocenters. The van der Waals surface area contributed by atoms with Gasteiger partial charge in [-0.15, -0.1) is 0 Å². The smallest absolute Gasteiger partial charge is 0.264 e. The Morgan fingerprint density at radius 2 is 1.89 bits per heavy atom. The molecular weight excluding hydrogens is 521 g/mol. The first-order chi connectivity index (χ1) is 17.7. The van der Waals surface area contributed by atoms with Gasteiger partial charge < -0.3 is 10.4 Å². The number of fused-ring (bicyclic) bond motifs is 1. The molecule has 0 radical (unpaired) electrons. The second-order valence-electron chi connectivity index (χ2n) is 8.25. The van der Waals surface area contributed by atoms with Crippen LogP contribution >= 0.6 is 11.6 Å². The van der Waals surface area contributed by atoms with Crippen LogP contribution in [0.5, 0.6) is 0 Å². The van der Waals surface area contributed by atoms with Crippen LogP contribution in [-0.2, 0) is 10.0 Å². The third-order valence-corrected chi connectivity index (χ3v) is 7.48. The molecule has 0 aliphatic heterocycles. The lowest BCUT2D eigenvalue weighted by Gasteiger charge is -2.19. The van der Waals surface area contributed by atoms with Gasteiger partial charge in [0.05, 0.1) is 22.7 Å². The number of hydrogen-bond acceptors (Lipinski definition) is 8. The molecular formula is C24H27ClFN7O3S. The van der Waals surface area contributed by atoms with Gasteiger partial charge in [0.1, 0.15) is 10.7 Å². The van der Waals surface area contributed by atoms with Crippen LogP contribution in [0, 0.1) is 12.7 Å². The van der Waals surface area contributed by atoms with Gasteiger partial charge in [0.25, 0.3) is 10.0 Å². The molecule has 0 atom stereocenters. The summed E-state index contributed by atoms with van der Waals surface area (Å²) in [6.07, 6.45) is 0. The Morgan fingerprint density at radius 1 is 1.14 bits per heavy atom. The van der Waals surface area contributed by atoms with E-state index in [1.165, 1.54) is 12.1 Å². The highest BCUT2D eigenvalue weighted by Gasteiger charge is 2.21. The van der Waals surface area contributed by atoms with Crippen LogP contribution in [0.1, 0.15) is 12.6 Å². The number of halogens is 2. The van der Waals surface area contributed by atoms with Crippen molar-refractivity contribution < 1.29 is 17.9 Å². The molecule has 0 spiro atoms. The van der Waals surface area contributed by atoms with Crippen LogP contribution in [0.4, 0.5) is 15.9 Å². The number of benzene rings is 2. The first-order valence-corrected chi connectivity index (χ1v) is 13.5. The summed E-state index contributed by atoms with van der Waals surface area (Å²) in [5.74, 6) is 0.0208. The molecule has 0 aliphatic rings. The predicted octanol–water partition coefficient (Wildman–Crippen LogP) is 3.65. The molecule has 2 aromatic carbocycles. The fourth-order valence-electron chi connectivity index (χ4n) is 3.82. The number of aliphatic hydroxyl groups excluding tert-OH is 1. The second-order valence-corrected chi connectivity index (χ2v) is 10.3. The molecule has 0 fully saturated rings. The molecule has 0 bridgehead atoms. The number of rotatable bonds is 11. The van der Waals surface area contributed by atoms with E-state index < -0.39 is 20.7 Å². The van der Waals surface area contributed by atoms with Crippen LogP contribution in [0.3, 0.4) is 0 Å². The predicted molar refractivity (Wildman–Crippen MR) is 142 cm³/mol. The largest absolute Gasteiger partial charge is 0.395 e. The number of aromatic amines is 1. The van der Waals surface area contributed by atoms with Crippen LogP contribution < -0.4 is 10.0 Å².